The summed E-state index contributed by atoms with van der Waals surface area (Å²) in [5, 5.41) is 0.699. The number of fused-ring (bicyclic) bond motifs is 1. The second-order valence-electron chi connectivity index (χ2n) is 5.42. The van der Waals surface area contributed by atoms with Crippen LogP contribution in [0.1, 0.15) is 12.5 Å². The molecule has 0 spiro atoms. The summed E-state index contributed by atoms with van der Waals surface area (Å²) in [4.78, 5) is 18.2. The number of hydrogen-bond donors (Lipinski definition) is 1. The van der Waals surface area contributed by atoms with Gasteiger partial charge in [0.25, 0.3) is 0 Å². The first kappa shape index (κ1) is 20.2. The van der Waals surface area contributed by atoms with Gasteiger partial charge in [0.15, 0.2) is 0 Å². The van der Waals surface area contributed by atoms with E-state index in [0.717, 1.165) is 9.87 Å². The zero-order chi connectivity index (χ0) is 18.0. The molecule has 0 aliphatic heterocycles. The number of aromatic amines is 1. The van der Waals surface area contributed by atoms with Crippen LogP contribution in [0.3, 0.4) is 0 Å². The van der Waals surface area contributed by atoms with E-state index in [1.54, 1.807) is 37.4 Å². The van der Waals surface area contributed by atoms with Gasteiger partial charge in [0.1, 0.15) is 11.5 Å². The lowest BCUT2D eigenvalue weighted by molar-refractivity contribution is 0.391. The molecule has 9 heteroatoms. The Kier molecular flexibility index (Phi) is 6.60. The van der Waals surface area contributed by atoms with Gasteiger partial charge >= 0.3 is 0 Å². The van der Waals surface area contributed by atoms with Crippen molar-refractivity contribution >= 4 is 34.7 Å². The third kappa shape index (κ3) is 4.16. The molecule has 2 aromatic heterocycles. The summed E-state index contributed by atoms with van der Waals surface area (Å²) in [5.74, 6) is -0.490. The summed E-state index contributed by atoms with van der Waals surface area (Å²) in [7, 11) is 0. The highest BCUT2D eigenvalue weighted by Gasteiger charge is 2.12. The van der Waals surface area contributed by atoms with Gasteiger partial charge in [-0.2, -0.15) is 0 Å². The second kappa shape index (κ2) is 8.50. The first-order valence-corrected chi connectivity index (χ1v) is 8.64. The molecule has 0 amide bonds. The number of rotatable bonds is 5. The highest BCUT2D eigenvalue weighted by molar-refractivity contribution is 7.76. The van der Waals surface area contributed by atoms with Crippen LogP contribution in [0.2, 0.25) is 0 Å². The van der Waals surface area contributed by atoms with Gasteiger partial charge in [0.2, 0.25) is 5.56 Å². The van der Waals surface area contributed by atoms with Gasteiger partial charge in [-0.25, -0.2) is 13.7 Å². The first-order chi connectivity index (χ1) is 12.0. The van der Waals surface area contributed by atoms with Crippen molar-refractivity contribution in [3.8, 4) is 11.1 Å². The summed E-state index contributed by atoms with van der Waals surface area (Å²) >= 11 is -2.40. The smallest absolute Gasteiger partial charge is 0.249 e. The molecular weight excluding hydrogens is 381 g/mol. The van der Waals surface area contributed by atoms with Crippen LogP contribution < -0.4 is 5.56 Å². The van der Waals surface area contributed by atoms with Crippen LogP contribution in [0.5, 0.6) is 0 Å². The molecular formula is C17H16ClFN3O3S-. The first-order valence-electron chi connectivity index (χ1n) is 7.60. The molecule has 0 aliphatic carbocycles. The molecule has 0 fully saturated rings. The van der Waals surface area contributed by atoms with E-state index in [-0.39, 0.29) is 31.1 Å². The number of aromatic nitrogens is 2. The van der Waals surface area contributed by atoms with E-state index in [4.69, 9.17) is 0 Å². The van der Waals surface area contributed by atoms with Crippen molar-refractivity contribution in [1.82, 2.24) is 14.3 Å². The minimum Gasteiger partial charge on any atom is -0.760 e. The lowest BCUT2D eigenvalue weighted by Crippen LogP contribution is -2.25. The highest BCUT2D eigenvalue weighted by atomic mass is 35.5. The highest BCUT2D eigenvalue weighted by Crippen LogP contribution is 2.27. The largest absolute Gasteiger partial charge is 0.760 e. The Morgan fingerprint density at radius 3 is 2.69 bits per heavy atom. The fourth-order valence-electron chi connectivity index (χ4n) is 2.61. The number of nitrogens with one attached hydrogen (secondary N) is 1. The summed E-state index contributed by atoms with van der Waals surface area (Å²) < 4.78 is 37.7. The molecule has 0 saturated carbocycles. The molecule has 1 atom stereocenters. The van der Waals surface area contributed by atoms with E-state index in [0.29, 0.717) is 22.2 Å². The number of nitrogens with zero attached hydrogens (tertiary/aromatic N) is 2. The summed E-state index contributed by atoms with van der Waals surface area (Å²) in [6.07, 6.45) is 1.54. The van der Waals surface area contributed by atoms with Crippen LogP contribution in [0.15, 0.2) is 47.4 Å². The van der Waals surface area contributed by atoms with Crippen LogP contribution in [0, 0.1) is 5.82 Å². The van der Waals surface area contributed by atoms with Crippen molar-refractivity contribution in [2.24, 2.45) is 0 Å². The summed E-state index contributed by atoms with van der Waals surface area (Å²) in [6, 6.07) is 9.41. The normalized spacial score (nSPS) is 12.2. The van der Waals surface area contributed by atoms with Gasteiger partial charge < -0.3 is 9.54 Å². The van der Waals surface area contributed by atoms with Gasteiger partial charge in [0.05, 0.1) is 0 Å². The maximum absolute atomic E-state index is 14.5. The molecule has 3 aromatic rings. The number of benzene rings is 1. The molecule has 0 aliphatic rings. The van der Waals surface area contributed by atoms with E-state index >= 15 is 0 Å². The number of H-pyrrole nitrogens is 1. The topological polar surface area (TPSA) is 89.1 Å². The minimum absolute atomic E-state index is 0. The molecule has 1 unspecified atom stereocenters. The lowest BCUT2D eigenvalue weighted by atomic mass is 10.0. The van der Waals surface area contributed by atoms with Crippen LogP contribution in [-0.2, 0) is 17.8 Å². The van der Waals surface area contributed by atoms with Gasteiger partial charge in [-0.3, -0.25) is 9.00 Å². The maximum Gasteiger partial charge on any atom is 0.249 e. The van der Waals surface area contributed by atoms with E-state index in [2.05, 4.69) is 9.97 Å². The standard InChI is InChI=1S/C17H16FN3O3S.ClH/c1-2-21(25(23)24)10-12-4-3-11(9-15(12)18)13-7-8-19-17-14(13)5-6-16(22)20-17;/h3-9H,2,10H2,1H3,(H,23,24)(H,19,20,22);1H/p-1. The Labute approximate surface area is 157 Å². The van der Waals surface area contributed by atoms with Gasteiger partial charge in [0, 0.05) is 47.6 Å². The van der Waals surface area contributed by atoms with E-state index in [9.17, 15) is 17.9 Å². The number of hydrogen-bond acceptors (Lipinski definition) is 4. The predicted octanol–water partition coefficient (Wildman–Crippen LogP) is 2.77. The quantitative estimate of drug-likeness (QED) is 0.671. The van der Waals surface area contributed by atoms with E-state index < -0.39 is 17.1 Å². The third-order valence-electron chi connectivity index (χ3n) is 3.91. The molecule has 2 heterocycles. The molecule has 1 N–H and O–H groups in total. The van der Waals surface area contributed by atoms with Crippen LogP contribution >= 0.6 is 12.4 Å². The van der Waals surface area contributed by atoms with Gasteiger partial charge in [-0.1, -0.05) is 19.1 Å². The van der Waals surface area contributed by atoms with Crippen molar-refractivity contribution in [3.05, 3.63) is 64.3 Å². The molecule has 26 heavy (non-hydrogen) atoms. The molecule has 1 aromatic carbocycles. The Morgan fingerprint density at radius 2 is 2.04 bits per heavy atom. The Hall–Kier alpha value is -2.13. The monoisotopic (exact) mass is 396 g/mol. The van der Waals surface area contributed by atoms with E-state index in [1.165, 1.54) is 12.1 Å². The lowest BCUT2D eigenvalue weighted by Gasteiger charge is -2.22. The van der Waals surface area contributed by atoms with Gasteiger partial charge in [-0.15, -0.1) is 12.4 Å². The Balaban J connectivity index is 0.00000243. The van der Waals surface area contributed by atoms with Crippen LogP contribution in [0.4, 0.5) is 4.39 Å². The molecule has 0 radical (unpaired) electrons. The molecule has 6 nitrogen and oxygen atoms in total. The molecule has 3 rings (SSSR count). The van der Waals surface area contributed by atoms with E-state index in [1.807, 2.05) is 0 Å². The zero-order valence-corrected chi connectivity index (χ0v) is 15.4. The molecule has 138 valence electrons. The fourth-order valence-corrected chi connectivity index (χ4v) is 3.07. The average Bonchev–Trinajstić information content (AvgIpc) is 2.59. The Bertz CT molecular complexity index is 1010. The number of pyridine rings is 2. The third-order valence-corrected chi connectivity index (χ3v) is 4.72. The van der Waals surface area contributed by atoms with Gasteiger partial charge in [-0.05, 0) is 29.3 Å². The fraction of sp³-hybridized carbons (Fsp3) is 0.176. The molecule has 0 saturated heterocycles. The SMILES string of the molecule is CCN(Cc1ccc(-c2ccnc3[nH]c(=O)ccc23)cc1F)S(=O)[O-].Cl. The second-order valence-corrected chi connectivity index (χ2v) is 6.37. The van der Waals surface area contributed by atoms with Crippen LogP contribution in [-0.4, -0.2) is 29.6 Å². The van der Waals surface area contributed by atoms with Crippen molar-refractivity contribution in [2.45, 2.75) is 13.5 Å². The minimum atomic E-state index is -2.40. The number of halogens is 2. The van der Waals surface area contributed by atoms with Crippen molar-refractivity contribution in [3.63, 3.8) is 0 Å². The zero-order valence-electron chi connectivity index (χ0n) is 13.8. The average molecular weight is 397 g/mol. The molecule has 0 bridgehead atoms. The van der Waals surface area contributed by atoms with Crippen molar-refractivity contribution in [1.29, 1.82) is 0 Å². The summed E-state index contributed by atoms with van der Waals surface area (Å²) in [6.45, 7) is 1.93. The predicted molar refractivity (Wildman–Crippen MR) is 100 cm³/mol. The van der Waals surface area contributed by atoms with Crippen molar-refractivity contribution in [2.75, 3.05) is 6.54 Å². The Morgan fingerprint density at radius 1 is 1.27 bits per heavy atom. The van der Waals surface area contributed by atoms with Crippen molar-refractivity contribution < 1.29 is 13.2 Å². The maximum atomic E-state index is 14.5. The van der Waals surface area contributed by atoms with Crippen LogP contribution in [0.25, 0.3) is 22.2 Å². The summed E-state index contributed by atoms with van der Waals surface area (Å²) in [5.41, 5.74) is 1.80.